The highest BCUT2D eigenvalue weighted by atomic mass is 32.1. The van der Waals surface area contributed by atoms with E-state index in [1.807, 2.05) is 22.2 Å². The number of imidazole rings is 1. The highest BCUT2D eigenvalue weighted by Crippen LogP contribution is 2.49. The SMILES string of the molecule is O=C(O)C1(Cc2cn3ccsc3n2)CCOC1C1CC1. The maximum atomic E-state index is 11.9. The van der Waals surface area contributed by atoms with E-state index in [1.165, 1.54) is 0 Å². The second-order valence-electron chi connectivity index (χ2n) is 5.84. The summed E-state index contributed by atoms with van der Waals surface area (Å²) in [6.45, 7) is 0.551. The van der Waals surface area contributed by atoms with E-state index in [0.29, 0.717) is 25.4 Å². The molecule has 2 unspecified atom stereocenters. The van der Waals surface area contributed by atoms with Gasteiger partial charge >= 0.3 is 5.97 Å². The van der Waals surface area contributed by atoms with E-state index in [1.54, 1.807) is 11.3 Å². The molecule has 1 saturated heterocycles. The zero-order valence-corrected chi connectivity index (χ0v) is 11.8. The molecule has 6 heteroatoms. The molecule has 3 heterocycles. The first kappa shape index (κ1) is 12.3. The predicted octanol–water partition coefficient (Wildman–Crippen LogP) is 2.21. The molecule has 1 aliphatic carbocycles. The number of carboxylic acid groups (broad SMARTS) is 1. The van der Waals surface area contributed by atoms with Gasteiger partial charge in [0.05, 0.1) is 11.8 Å². The van der Waals surface area contributed by atoms with E-state index >= 15 is 0 Å². The Balaban J connectivity index is 1.68. The zero-order chi connectivity index (χ0) is 13.7. The Hall–Kier alpha value is -1.40. The Labute approximate surface area is 120 Å². The summed E-state index contributed by atoms with van der Waals surface area (Å²) < 4.78 is 7.72. The van der Waals surface area contributed by atoms with Crippen LogP contribution in [0.15, 0.2) is 17.8 Å². The fraction of sp³-hybridized carbons (Fsp3) is 0.571. The van der Waals surface area contributed by atoms with Crippen molar-refractivity contribution in [2.45, 2.75) is 31.8 Å². The van der Waals surface area contributed by atoms with Crippen molar-refractivity contribution in [3.05, 3.63) is 23.5 Å². The average molecular weight is 292 g/mol. The van der Waals surface area contributed by atoms with Crippen LogP contribution in [0.5, 0.6) is 0 Å². The third kappa shape index (κ3) is 1.78. The second-order valence-corrected chi connectivity index (χ2v) is 6.71. The van der Waals surface area contributed by atoms with Crippen molar-refractivity contribution in [3.8, 4) is 0 Å². The normalized spacial score (nSPS) is 30.1. The lowest BCUT2D eigenvalue weighted by molar-refractivity contribution is -0.153. The first-order valence-corrected chi connectivity index (χ1v) is 7.83. The van der Waals surface area contributed by atoms with Crippen LogP contribution < -0.4 is 0 Å². The van der Waals surface area contributed by atoms with E-state index in [4.69, 9.17) is 4.74 Å². The Morgan fingerprint density at radius 1 is 1.60 bits per heavy atom. The maximum absolute atomic E-state index is 11.9. The molecule has 0 amide bonds. The first-order valence-electron chi connectivity index (χ1n) is 6.95. The predicted molar refractivity (Wildman–Crippen MR) is 73.9 cm³/mol. The van der Waals surface area contributed by atoms with Crippen LogP contribution in [-0.4, -0.2) is 33.2 Å². The van der Waals surface area contributed by atoms with Crippen molar-refractivity contribution in [1.82, 2.24) is 9.38 Å². The molecule has 0 bridgehead atoms. The van der Waals surface area contributed by atoms with Gasteiger partial charge < -0.3 is 9.84 Å². The van der Waals surface area contributed by atoms with Gasteiger partial charge in [-0.3, -0.25) is 9.20 Å². The summed E-state index contributed by atoms with van der Waals surface area (Å²) in [5.74, 6) is -0.305. The van der Waals surface area contributed by atoms with Crippen LogP contribution in [0.1, 0.15) is 25.0 Å². The largest absolute Gasteiger partial charge is 0.481 e. The summed E-state index contributed by atoms with van der Waals surface area (Å²) in [7, 11) is 0. The van der Waals surface area contributed by atoms with Gasteiger partial charge in [-0.15, -0.1) is 11.3 Å². The van der Waals surface area contributed by atoms with Crippen LogP contribution in [0.3, 0.4) is 0 Å². The van der Waals surface area contributed by atoms with Crippen LogP contribution in [0.4, 0.5) is 0 Å². The standard InChI is InChI=1S/C14H16N2O3S/c17-12(18)14(3-5-19-11(14)9-1-2-9)7-10-8-16-4-6-20-13(16)15-10/h4,6,8-9,11H,1-3,5,7H2,(H,17,18). The van der Waals surface area contributed by atoms with Crippen molar-refractivity contribution in [2.75, 3.05) is 6.61 Å². The molecule has 2 aromatic rings. The number of hydrogen-bond acceptors (Lipinski definition) is 4. The molecule has 2 atom stereocenters. The fourth-order valence-corrected chi connectivity index (χ4v) is 4.05. The smallest absolute Gasteiger partial charge is 0.312 e. The van der Waals surface area contributed by atoms with Crippen LogP contribution in [0.25, 0.3) is 4.96 Å². The topological polar surface area (TPSA) is 63.8 Å². The molecule has 2 aliphatic rings. The van der Waals surface area contributed by atoms with Gasteiger partial charge in [0.25, 0.3) is 0 Å². The Bertz CT molecular complexity index is 632. The molecule has 1 saturated carbocycles. The van der Waals surface area contributed by atoms with E-state index in [9.17, 15) is 9.90 Å². The summed E-state index contributed by atoms with van der Waals surface area (Å²) >= 11 is 1.57. The molecule has 0 spiro atoms. The number of fused-ring (bicyclic) bond motifs is 1. The van der Waals surface area contributed by atoms with Gasteiger partial charge in [-0.1, -0.05) is 0 Å². The highest BCUT2D eigenvalue weighted by molar-refractivity contribution is 7.15. The third-order valence-electron chi connectivity index (χ3n) is 4.51. The molecule has 0 aromatic carbocycles. The molecule has 0 radical (unpaired) electrons. The van der Waals surface area contributed by atoms with Gasteiger partial charge in [0.15, 0.2) is 4.96 Å². The van der Waals surface area contributed by atoms with E-state index in [2.05, 4.69) is 4.98 Å². The Morgan fingerprint density at radius 3 is 3.15 bits per heavy atom. The van der Waals surface area contributed by atoms with Gasteiger partial charge in [0.1, 0.15) is 5.41 Å². The van der Waals surface area contributed by atoms with Gasteiger partial charge in [-0.25, -0.2) is 4.98 Å². The molecule has 1 aliphatic heterocycles. The fourth-order valence-electron chi connectivity index (χ4n) is 3.33. The van der Waals surface area contributed by atoms with E-state index in [-0.39, 0.29) is 6.10 Å². The molecular formula is C14H16N2O3S. The van der Waals surface area contributed by atoms with Crippen LogP contribution in [0, 0.1) is 11.3 Å². The molecule has 4 rings (SSSR count). The van der Waals surface area contributed by atoms with E-state index < -0.39 is 11.4 Å². The highest BCUT2D eigenvalue weighted by Gasteiger charge is 2.56. The first-order chi connectivity index (χ1) is 9.69. The molecule has 20 heavy (non-hydrogen) atoms. The van der Waals surface area contributed by atoms with E-state index in [0.717, 1.165) is 23.5 Å². The minimum absolute atomic E-state index is 0.139. The monoisotopic (exact) mass is 292 g/mol. The van der Waals surface area contributed by atoms with Crippen molar-refractivity contribution in [3.63, 3.8) is 0 Å². The summed E-state index contributed by atoms with van der Waals surface area (Å²) in [6.07, 6.45) is 7.01. The van der Waals surface area contributed by atoms with Gasteiger partial charge in [0.2, 0.25) is 0 Å². The van der Waals surface area contributed by atoms with Gasteiger partial charge in [0, 0.05) is 30.8 Å². The Kier molecular flexibility index (Phi) is 2.65. The quantitative estimate of drug-likeness (QED) is 0.938. The maximum Gasteiger partial charge on any atom is 0.312 e. The van der Waals surface area contributed by atoms with Crippen molar-refractivity contribution < 1.29 is 14.6 Å². The number of aliphatic carboxylic acids is 1. The summed E-state index contributed by atoms with van der Waals surface area (Å²) in [5, 5.41) is 11.8. The molecule has 2 aromatic heterocycles. The lowest BCUT2D eigenvalue weighted by Gasteiger charge is -2.29. The molecule has 106 valence electrons. The van der Waals surface area contributed by atoms with Gasteiger partial charge in [-0.2, -0.15) is 0 Å². The van der Waals surface area contributed by atoms with Crippen molar-refractivity contribution in [1.29, 1.82) is 0 Å². The number of carboxylic acids is 1. The number of rotatable bonds is 4. The number of aromatic nitrogens is 2. The minimum atomic E-state index is -0.787. The number of hydrogen-bond donors (Lipinski definition) is 1. The summed E-state index contributed by atoms with van der Waals surface area (Å²) in [5.41, 5.74) is 0.0703. The minimum Gasteiger partial charge on any atom is -0.481 e. The van der Waals surface area contributed by atoms with Crippen molar-refractivity contribution in [2.24, 2.45) is 11.3 Å². The zero-order valence-electron chi connectivity index (χ0n) is 11.0. The average Bonchev–Trinajstić information content (AvgIpc) is 2.82. The Morgan fingerprint density at radius 2 is 2.45 bits per heavy atom. The van der Waals surface area contributed by atoms with Crippen molar-refractivity contribution >= 4 is 22.3 Å². The molecule has 2 fully saturated rings. The third-order valence-corrected chi connectivity index (χ3v) is 5.28. The molecule has 1 N–H and O–H groups in total. The molecular weight excluding hydrogens is 276 g/mol. The lowest BCUT2D eigenvalue weighted by Crippen LogP contribution is -2.42. The number of carbonyl (C=O) groups is 1. The number of nitrogens with zero attached hydrogens (tertiary/aromatic N) is 2. The number of thiazole rings is 1. The lowest BCUT2D eigenvalue weighted by atomic mass is 9.75. The number of ether oxygens (including phenoxy) is 1. The molecule has 5 nitrogen and oxygen atoms in total. The van der Waals surface area contributed by atoms with Crippen LogP contribution in [-0.2, 0) is 16.0 Å². The van der Waals surface area contributed by atoms with Crippen LogP contribution in [0.2, 0.25) is 0 Å². The van der Waals surface area contributed by atoms with Gasteiger partial charge in [-0.05, 0) is 25.2 Å². The van der Waals surface area contributed by atoms with Crippen LogP contribution >= 0.6 is 11.3 Å². The summed E-state index contributed by atoms with van der Waals surface area (Å²) in [6, 6.07) is 0. The summed E-state index contributed by atoms with van der Waals surface area (Å²) in [4.78, 5) is 17.4. The second kappa shape index (κ2) is 4.30.